The van der Waals surface area contributed by atoms with Crippen molar-refractivity contribution in [3.63, 3.8) is 0 Å². The van der Waals surface area contributed by atoms with Gasteiger partial charge in [0.2, 0.25) is 10.0 Å². The highest BCUT2D eigenvalue weighted by atomic mass is 79.9. The van der Waals surface area contributed by atoms with Gasteiger partial charge in [-0.15, -0.1) is 0 Å². The summed E-state index contributed by atoms with van der Waals surface area (Å²) in [5, 5.41) is 10.9. The molecule has 4 N–H and O–H groups in total. The molecule has 2 aromatic rings. The molecule has 142 valence electrons. The number of hydrogen-bond acceptors (Lipinski definition) is 7. The molecular formula is C12H16BrN7O5S. The number of aromatic amines is 2. The largest absolute Gasteiger partial charge is 0.343 e. The Labute approximate surface area is 155 Å². The highest BCUT2D eigenvalue weighted by Gasteiger charge is 2.26. The number of halogens is 1. The minimum Gasteiger partial charge on any atom is -0.343 e. The predicted molar refractivity (Wildman–Crippen MR) is 98.4 cm³/mol. The molecule has 12 nitrogen and oxygen atoms in total. The van der Waals surface area contributed by atoms with E-state index in [0.717, 1.165) is 6.26 Å². The number of amides is 1. The van der Waals surface area contributed by atoms with Gasteiger partial charge in [-0.1, -0.05) is 0 Å². The third kappa shape index (κ3) is 3.96. The number of nitrogens with one attached hydrogen (secondary N) is 4. The van der Waals surface area contributed by atoms with E-state index >= 15 is 0 Å². The summed E-state index contributed by atoms with van der Waals surface area (Å²) in [6.07, 6.45) is 0.906. The fraction of sp³-hybridized carbons (Fsp3) is 0.333. The summed E-state index contributed by atoms with van der Waals surface area (Å²) < 4.78 is 26.7. The first-order valence-electron chi connectivity index (χ1n) is 6.96. The van der Waals surface area contributed by atoms with Crippen molar-refractivity contribution >= 4 is 49.1 Å². The second-order valence-electron chi connectivity index (χ2n) is 5.49. The van der Waals surface area contributed by atoms with Gasteiger partial charge in [0.1, 0.15) is 15.8 Å². The smallest absolute Gasteiger partial charge is 0.287 e. The minimum atomic E-state index is -3.77. The first kappa shape index (κ1) is 19.7. The summed E-state index contributed by atoms with van der Waals surface area (Å²) >= 11 is 2.99. The van der Waals surface area contributed by atoms with Crippen LogP contribution in [0, 0.1) is 0 Å². The molecule has 0 saturated carbocycles. The maximum absolute atomic E-state index is 12.3. The number of rotatable bonds is 5. The first-order chi connectivity index (χ1) is 11.9. The van der Waals surface area contributed by atoms with Crippen molar-refractivity contribution in [1.29, 1.82) is 0 Å². The third-order valence-electron chi connectivity index (χ3n) is 3.12. The van der Waals surface area contributed by atoms with Gasteiger partial charge >= 0.3 is 0 Å². The molecule has 0 aliphatic carbocycles. The summed E-state index contributed by atoms with van der Waals surface area (Å²) in [4.78, 5) is 37.2. The number of anilines is 3. The number of aromatic nitrogens is 4. The highest BCUT2D eigenvalue weighted by Crippen LogP contribution is 2.30. The Morgan fingerprint density at radius 3 is 2.31 bits per heavy atom. The number of carbonyl (C=O) groups excluding carboxylic acids is 1. The quantitative estimate of drug-likeness (QED) is 0.472. The number of carbonyl (C=O) groups is 1. The van der Waals surface area contributed by atoms with Crippen molar-refractivity contribution in [2.75, 3.05) is 30.4 Å². The normalized spacial score (nSPS) is 11.3. The maximum Gasteiger partial charge on any atom is 0.287 e. The molecule has 0 saturated heterocycles. The van der Waals surface area contributed by atoms with Crippen molar-refractivity contribution in [2.45, 2.75) is 0 Å². The van der Waals surface area contributed by atoms with Crippen LogP contribution in [0.15, 0.2) is 14.1 Å². The van der Waals surface area contributed by atoms with Crippen LogP contribution in [0.4, 0.5) is 17.2 Å². The van der Waals surface area contributed by atoms with E-state index in [1.165, 1.54) is 30.7 Å². The molecule has 0 aromatic carbocycles. The number of nitrogens with zero attached hydrogens (tertiary/aromatic N) is 3. The van der Waals surface area contributed by atoms with Crippen molar-refractivity contribution < 1.29 is 13.2 Å². The summed E-state index contributed by atoms with van der Waals surface area (Å²) in [6, 6.07) is 0. The third-order valence-corrected chi connectivity index (χ3v) is 4.45. The van der Waals surface area contributed by atoms with Gasteiger partial charge in [0.05, 0.1) is 6.26 Å². The number of aryl methyl sites for hydroxylation is 1. The zero-order valence-electron chi connectivity index (χ0n) is 14.2. The van der Waals surface area contributed by atoms with Gasteiger partial charge in [-0.05, 0) is 15.9 Å². The Balaban J connectivity index is 2.69. The second kappa shape index (κ2) is 6.95. The Hall–Kier alpha value is -2.61. The average molecular weight is 450 g/mol. The molecule has 0 aliphatic heterocycles. The van der Waals surface area contributed by atoms with Gasteiger partial charge in [-0.3, -0.25) is 29.3 Å². The summed E-state index contributed by atoms with van der Waals surface area (Å²) in [6.45, 7) is 0. The highest BCUT2D eigenvalue weighted by molar-refractivity contribution is 9.10. The van der Waals surface area contributed by atoms with Crippen molar-refractivity contribution in [2.24, 2.45) is 7.05 Å². The Morgan fingerprint density at radius 1 is 1.19 bits per heavy atom. The number of sulfonamides is 1. The van der Waals surface area contributed by atoms with Gasteiger partial charge < -0.3 is 10.2 Å². The molecule has 1 amide bonds. The van der Waals surface area contributed by atoms with E-state index < -0.39 is 27.0 Å². The predicted octanol–water partition coefficient (Wildman–Crippen LogP) is -0.624. The van der Waals surface area contributed by atoms with Crippen LogP contribution in [0.2, 0.25) is 0 Å². The molecule has 2 rings (SSSR count). The van der Waals surface area contributed by atoms with Gasteiger partial charge in [-0.25, -0.2) is 13.1 Å². The molecule has 0 bridgehead atoms. The summed E-state index contributed by atoms with van der Waals surface area (Å²) in [5.74, 6) is -0.559. The van der Waals surface area contributed by atoms with Crippen molar-refractivity contribution in [3.05, 3.63) is 30.9 Å². The van der Waals surface area contributed by atoms with E-state index in [4.69, 9.17) is 0 Å². The Kier molecular flexibility index (Phi) is 5.27. The van der Waals surface area contributed by atoms with Crippen LogP contribution < -0.4 is 21.2 Å². The molecule has 0 unspecified atom stereocenters. The molecular weight excluding hydrogens is 434 g/mol. The van der Waals surface area contributed by atoms with E-state index in [1.54, 1.807) is 0 Å². The monoisotopic (exact) mass is 449 g/mol. The van der Waals surface area contributed by atoms with Crippen molar-refractivity contribution in [3.8, 4) is 0 Å². The second-order valence-corrected chi connectivity index (χ2v) is 8.03. The summed E-state index contributed by atoms with van der Waals surface area (Å²) in [5.41, 5.74) is -1.81. The minimum absolute atomic E-state index is 0.00238. The first-order valence-corrected chi connectivity index (χ1v) is 9.64. The van der Waals surface area contributed by atoms with E-state index in [-0.39, 0.29) is 27.4 Å². The lowest BCUT2D eigenvalue weighted by Crippen LogP contribution is -2.24. The molecule has 26 heavy (non-hydrogen) atoms. The fourth-order valence-corrected chi connectivity index (χ4v) is 2.93. The Bertz CT molecular complexity index is 1080. The van der Waals surface area contributed by atoms with Crippen LogP contribution >= 0.6 is 15.9 Å². The van der Waals surface area contributed by atoms with Crippen LogP contribution in [0.5, 0.6) is 0 Å². The van der Waals surface area contributed by atoms with Crippen LogP contribution in [0.1, 0.15) is 10.5 Å². The molecule has 0 radical (unpaired) electrons. The number of hydrogen-bond donors (Lipinski definition) is 4. The van der Waals surface area contributed by atoms with E-state index in [2.05, 4.69) is 41.3 Å². The van der Waals surface area contributed by atoms with E-state index in [0.29, 0.717) is 0 Å². The summed E-state index contributed by atoms with van der Waals surface area (Å²) in [7, 11) is 0.631. The lowest BCUT2D eigenvalue weighted by atomic mass is 10.3. The topological polar surface area (TPSA) is 162 Å². The fourth-order valence-electron chi connectivity index (χ4n) is 1.99. The van der Waals surface area contributed by atoms with Crippen LogP contribution in [0.25, 0.3) is 0 Å². The van der Waals surface area contributed by atoms with E-state index in [9.17, 15) is 22.8 Å². The zero-order valence-corrected chi connectivity index (χ0v) is 16.6. The average Bonchev–Trinajstić information content (AvgIpc) is 2.81. The lowest BCUT2D eigenvalue weighted by molar-refractivity contribution is 0.0822. The number of H-pyrrole nitrogens is 2. The van der Waals surface area contributed by atoms with Crippen LogP contribution in [-0.2, 0) is 17.1 Å². The van der Waals surface area contributed by atoms with Gasteiger partial charge in [0, 0.05) is 21.1 Å². The maximum atomic E-state index is 12.3. The molecule has 2 heterocycles. The van der Waals surface area contributed by atoms with E-state index in [1.807, 2.05) is 0 Å². The Morgan fingerprint density at radius 2 is 1.77 bits per heavy atom. The standard InChI is InChI=1S/C12H16BrN7O5S/c1-19(2)12(23)8-7(18-26(4,24)25)9(20(3)17-8)14-6-5(13)10(21)15-16-11(6)22/h18H,1-4H3,(H,16,22)(H2,14,15,21). The molecule has 0 atom stereocenters. The van der Waals surface area contributed by atoms with Gasteiger partial charge in [0.15, 0.2) is 11.5 Å². The molecule has 0 fully saturated rings. The van der Waals surface area contributed by atoms with Crippen LogP contribution in [0.3, 0.4) is 0 Å². The molecule has 0 aliphatic rings. The lowest BCUT2D eigenvalue weighted by Gasteiger charge is -2.12. The van der Waals surface area contributed by atoms with Crippen LogP contribution in [-0.4, -0.2) is 59.6 Å². The van der Waals surface area contributed by atoms with Gasteiger partial charge in [-0.2, -0.15) is 5.10 Å². The molecule has 14 heteroatoms. The molecule has 0 spiro atoms. The SMILES string of the molecule is CN(C)C(=O)c1nn(C)c(Nc2c(Br)c(=O)[nH][nH]c2=O)c1NS(C)(=O)=O. The molecule has 2 aromatic heterocycles. The van der Waals surface area contributed by atoms with Gasteiger partial charge in [0.25, 0.3) is 17.0 Å². The van der Waals surface area contributed by atoms with Crippen molar-refractivity contribution in [1.82, 2.24) is 24.9 Å². The zero-order chi connectivity index (χ0) is 19.8.